The summed E-state index contributed by atoms with van der Waals surface area (Å²) in [6.45, 7) is 5.29. The van der Waals surface area contributed by atoms with Crippen molar-refractivity contribution in [2.75, 3.05) is 13.1 Å². The van der Waals surface area contributed by atoms with Gasteiger partial charge in [0.05, 0.1) is 17.7 Å². The van der Waals surface area contributed by atoms with Crippen molar-refractivity contribution in [3.63, 3.8) is 0 Å². The predicted molar refractivity (Wildman–Crippen MR) is 107 cm³/mol. The lowest BCUT2D eigenvalue weighted by atomic mass is 10.1. The normalized spacial score (nSPS) is 11.9. The van der Waals surface area contributed by atoms with Crippen LogP contribution in [0.25, 0.3) is 10.6 Å². The van der Waals surface area contributed by atoms with Gasteiger partial charge >= 0.3 is 6.18 Å². The summed E-state index contributed by atoms with van der Waals surface area (Å²) in [4.78, 5) is 16.2. The summed E-state index contributed by atoms with van der Waals surface area (Å²) in [5.74, 6) is -0.161. The van der Waals surface area contributed by atoms with Crippen molar-refractivity contribution in [3.05, 3.63) is 40.9 Å². The topological polar surface area (TPSA) is 54.0 Å². The van der Waals surface area contributed by atoms with E-state index < -0.39 is 11.7 Å². The van der Waals surface area contributed by atoms with Crippen molar-refractivity contribution in [1.82, 2.24) is 15.6 Å². The van der Waals surface area contributed by atoms with Gasteiger partial charge in [0, 0.05) is 23.5 Å². The maximum Gasteiger partial charge on any atom is 0.416 e. The Kier molecular flexibility index (Phi) is 10.9. The second-order valence-electron chi connectivity index (χ2n) is 5.66. The molecule has 0 aliphatic rings. The summed E-state index contributed by atoms with van der Waals surface area (Å²) in [5.41, 5.74) is 0.232. The molecule has 4 nitrogen and oxygen atoms in total. The highest BCUT2D eigenvalue weighted by molar-refractivity contribution is 7.13. The Balaban J connectivity index is 0.00000338. The second kappa shape index (κ2) is 11.5. The summed E-state index contributed by atoms with van der Waals surface area (Å²) in [6.07, 6.45) is -4.28. The zero-order valence-electron chi connectivity index (χ0n) is 14.8. The fraction of sp³-hybridized carbons (Fsp3) is 0.412. The number of rotatable bonds is 7. The van der Waals surface area contributed by atoms with Crippen LogP contribution in [-0.2, 0) is 17.4 Å². The van der Waals surface area contributed by atoms with Crippen LogP contribution in [0.5, 0.6) is 0 Å². The fourth-order valence-electron chi connectivity index (χ4n) is 2.26. The summed E-state index contributed by atoms with van der Waals surface area (Å²) in [5, 5.41) is 8.16. The molecule has 0 bridgehead atoms. The Morgan fingerprint density at radius 1 is 1.30 bits per heavy atom. The Morgan fingerprint density at radius 3 is 2.63 bits per heavy atom. The van der Waals surface area contributed by atoms with Crippen LogP contribution >= 0.6 is 36.2 Å². The first-order valence-corrected chi connectivity index (χ1v) is 8.79. The molecule has 1 atom stereocenters. The van der Waals surface area contributed by atoms with E-state index in [1.54, 1.807) is 11.4 Å². The second-order valence-corrected chi connectivity index (χ2v) is 6.52. The van der Waals surface area contributed by atoms with Crippen molar-refractivity contribution in [2.45, 2.75) is 32.5 Å². The van der Waals surface area contributed by atoms with Gasteiger partial charge in [0.15, 0.2) is 0 Å². The summed E-state index contributed by atoms with van der Waals surface area (Å²) in [7, 11) is 0. The van der Waals surface area contributed by atoms with Crippen LogP contribution in [0, 0.1) is 0 Å². The van der Waals surface area contributed by atoms with E-state index in [0.717, 1.165) is 18.7 Å². The highest BCUT2D eigenvalue weighted by Crippen LogP contribution is 2.33. The molecule has 2 N–H and O–H groups in total. The predicted octanol–water partition coefficient (Wildman–Crippen LogP) is 4.33. The summed E-state index contributed by atoms with van der Waals surface area (Å²) >= 11 is 1.23. The number of likely N-dealkylation sites (N-methyl/N-ethyl adjacent to an activating group) is 1. The van der Waals surface area contributed by atoms with Gasteiger partial charge in [-0.1, -0.05) is 19.1 Å². The van der Waals surface area contributed by atoms with Gasteiger partial charge in [0.25, 0.3) is 0 Å². The first kappa shape index (κ1) is 25.6. The molecule has 2 aromatic rings. The van der Waals surface area contributed by atoms with E-state index in [2.05, 4.69) is 15.6 Å². The summed E-state index contributed by atoms with van der Waals surface area (Å²) < 4.78 is 38.4. The molecule has 1 aromatic carbocycles. The SMILES string of the molecule is CCN[C@H](C)CNC(=O)Cc1csc(-c2cccc(C(F)(F)F)c2)n1.Cl.Cl. The average Bonchev–Trinajstić information content (AvgIpc) is 3.01. The Hall–Kier alpha value is -1.35. The number of carbonyl (C=O) groups is 1. The maximum atomic E-state index is 12.8. The molecule has 0 unspecified atom stereocenters. The molecular weight excluding hydrogens is 422 g/mol. The number of alkyl halides is 3. The van der Waals surface area contributed by atoms with Crippen molar-refractivity contribution in [3.8, 4) is 10.6 Å². The Bertz CT molecular complexity index is 725. The molecule has 1 heterocycles. The monoisotopic (exact) mass is 443 g/mol. The molecule has 1 amide bonds. The molecule has 2 rings (SSSR count). The fourth-order valence-corrected chi connectivity index (χ4v) is 3.08. The van der Waals surface area contributed by atoms with E-state index in [0.29, 0.717) is 22.8 Å². The van der Waals surface area contributed by atoms with Crippen molar-refractivity contribution >= 4 is 42.1 Å². The molecule has 0 spiro atoms. The molecule has 1 aromatic heterocycles. The zero-order chi connectivity index (χ0) is 18.4. The zero-order valence-corrected chi connectivity index (χ0v) is 17.2. The van der Waals surface area contributed by atoms with Gasteiger partial charge < -0.3 is 10.6 Å². The van der Waals surface area contributed by atoms with Gasteiger partial charge in [0.1, 0.15) is 5.01 Å². The van der Waals surface area contributed by atoms with Gasteiger partial charge in [-0.25, -0.2) is 4.98 Å². The number of nitrogens with one attached hydrogen (secondary N) is 2. The number of benzene rings is 1. The third kappa shape index (κ3) is 8.04. The molecule has 0 aliphatic carbocycles. The number of hydrogen-bond acceptors (Lipinski definition) is 4. The minimum atomic E-state index is -4.39. The lowest BCUT2D eigenvalue weighted by molar-refractivity contribution is -0.137. The van der Waals surface area contributed by atoms with Crippen molar-refractivity contribution in [2.24, 2.45) is 0 Å². The number of hydrogen-bond donors (Lipinski definition) is 2. The van der Waals surface area contributed by atoms with E-state index in [1.165, 1.54) is 17.4 Å². The maximum absolute atomic E-state index is 12.8. The third-order valence-corrected chi connectivity index (χ3v) is 4.43. The van der Waals surface area contributed by atoms with Gasteiger partial charge in [0.2, 0.25) is 5.91 Å². The molecule has 0 fully saturated rings. The number of amides is 1. The highest BCUT2D eigenvalue weighted by atomic mass is 35.5. The Morgan fingerprint density at radius 2 is 2.00 bits per heavy atom. The minimum Gasteiger partial charge on any atom is -0.354 e. The number of carbonyl (C=O) groups excluding carboxylic acids is 1. The molecular formula is C17H22Cl2F3N3OS. The third-order valence-electron chi connectivity index (χ3n) is 3.49. The van der Waals surface area contributed by atoms with Crippen molar-refractivity contribution < 1.29 is 18.0 Å². The van der Waals surface area contributed by atoms with Gasteiger partial charge in [-0.15, -0.1) is 36.2 Å². The van der Waals surface area contributed by atoms with Crippen LogP contribution in [0.15, 0.2) is 29.6 Å². The van der Waals surface area contributed by atoms with Gasteiger partial charge in [-0.2, -0.15) is 13.2 Å². The van der Waals surface area contributed by atoms with E-state index in [9.17, 15) is 18.0 Å². The van der Waals surface area contributed by atoms with E-state index >= 15 is 0 Å². The summed E-state index contributed by atoms with van der Waals surface area (Å²) in [6, 6.07) is 5.20. The van der Waals surface area contributed by atoms with Crippen LogP contribution in [0.2, 0.25) is 0 Å². The lowest BCUT2D eigenvalue weighted by Crippen LogP contribution is -2.39. The molecule has 152 valence electrons. The van der Waals surface area contributed by atoms with Crippen LogP contribution in [0.1, 0.15) is 25.1 Å². The number of thiazole rings is 1. The van der Waals surface area contributed by atoms with E-state index in [1.807, 2.05) is 13.8 Å². The standard InChI is InChI=1S/C17H20F3N3OS.2ClH/c1-3-21-11(2)9-22-15(24)8-14-10-25-16(23-14)12-5-4-6-13(7-12)17(18,19)20;;/h4-7,10-11,21H,3,8-9H2,1-2H3,(H,22,24);2*1H/t11-;;/m1../s1. The van der Waals surface area contributed by atoms with Crippen LogP contribution in [-0.4, -0.2) is 30.0 Å². The number of aromatic nitrogens is 1. The first-order valence-electron chi connectivity index (χ1n) is 7.91. The van der Waals surface area contributed by atoms with E-state index in [-0.39, 0.29) is 43.2 Å². The molecule has 0 radical (unpaired) electrons. The lowest BCUT2D eigenvalue weighted by Gasteiger charge is -2.12. The van der Waals surface area contributed by atoms with E-state index in [4.69, 9.17) is 0 Å². The van der Waals surface area contributed by atoms with Crippen LogP contribution < -0.4 is 10.6 Å². The van der Waals surface area contributed by atoms with Gasteiger partial charge in [-0.05, 0) is 25.6 Å². The molecule has 0 aliphatic heterocycles. The molecule has 27 heavy (non-hydrogen) atoms. The molecule has 0 saturated heterocycles. The van der Waals surface area contributed by atoms with Crippen LogP contribution in [0.4, 0.5) is 13.2 Å². The largest absolute Gasteiger partial charge is 0.416 e. The van der Waals surface area contributed by atoms with Crippen molar-refractivity contribution in [1.29, 1.82) is 0 Å². The average molecular weight is 444 g/mol. The number of nitrogens with zero attached hydrogens (tertiary/aromatic N) is 1. The smallest absolute Gasteiger partial charge is 0.354 e. The highest BCUT2D eigenvalue weighted by Gasteiger charge is 2.30. The first-order chi connectivity index (χ1) is 11.8. The number of halogens is 5. The molecule has 0 saturated carbocycles. The quantitative estimate of drug-likeness (QED) is 0.669. The van der Waals surface area contributed by atoms with Crippen LogP contribution in [0.3, 0.4) is 0 Å². The minimum absolute atomic E-state index is 0. The molecule has 10 heteroatoms. The Labute approximate surface area is 172 Å². The van der Waals surface area contributed by atoms with Gasteiger partial charge in [-0.3, -0.25) is 4.79 Å².